The second-order valence-electron chi connectivity index (χ2n) is 11.0. The maximum Gasteiger partial charge on any atom is 0.271 e. The Kier molecular flexibility index (Phi) is 7.25. The van der Waals surface area contributed by atoms with Gasteiger partial charge in [-0.1, -0.05) is 30.3 Å². The van der Waals surface area contributed by atoms with Crippen molar-refractivity contribution in [2.45, 2.75) is 31.7 Å². The van der Waals surface area contributed by atoms with Gasteiger partial charge in [0.2, 0.25) is 5.91 Å². The Balaban J connectivity index is 1.26. The number of nitrogens with zero attached hydrogens (tertiary/aromatic N) is 2. The zero-order valence-electron chi connectivity index (χ0n) is 23.7. The van der Waals surface area contributed by atoms with E-state index >= 15 is 0 Å². The first-order chi connectivity index (χ1) is 21.1. The summed E-state index contributed by atoms with van der Waals surface area (Å²) in [6.45, 7) is 1.56. The van der Waals surface area contributed by atoms with Crippen molar-refractivity contribution < 1.29 is 19.1 Å². The zero-order chi connectivity index (χ0) is 29.2. The average molecular weight is 573 g/mol. The number of carbonyl (C=O) groups excluding carboxylic acids is 2. The molecular weight excluding hydrogens is 540 g/mol. The quantitative estimate of drug-likeness (QED) is 0.258. The van der Waals surface area contributed by atoms with Gasteiger partial charge in [-0.2, -0.15) is 0 Å². The Morgan fingerprint density at radius 3 is 2.65 bits per heavy atom. The molecule has 4 aliphatic rings. The number of rotatable bonds is 1. The Bertz CT molecular complexity index is 1760. The van der Waals surface area contributed by atoms with Crippen LogP contribution >= 0.6 is 0 Å². The van der Waals surface area contributed by atoms with E-state index in [-0.39, 0.29) is 17.9 Å². The van der Waals surface area contributed by atoms with E-state index in [4.69, 9.17) is 9.47 Å². The third-order valence-electron chi connectivity index (χ3n) is 8.11. The summed E-state index contributed by atoms with van der Waals surface area (Å²) in [6.07, 6.45) is 4.20. The van der Waals surface area contributed by atoms with Crippen LogP contribution in [0.25, 0.3) is 11.0 Å². The molecule has 2 aromatic heterocycles. The van der Waals surface area contributed by atoms with Crippen molar-refractivity contribution >= 4 is 22.8 Å². The van der Waals surface area contributed by atoms with E-state index in [1.54, 1.807) is 6.20 Å². The van der Waals surface area contributed by atoms with Crippen LogP contribution in [0.2, 0.25) is 0 Å². The van der Waals surface area contributed by atoms with Gasteiger partial charge in [-0.3, -0.25) is 9.59 Å². The maximum absolute atomic E-state index is 14.1. The molecular formula is C35H32N4O4. The second-order valence-corrected chi connectivity index (χ2v) is 11.0. The predicted molar refractivity (Wildman–Crippen MR) is 164 cm³/mol. The Labute approximate surface area is 249 Å². The van der Waals surface area contributed by atoms with Crippen molar-refractivity contribution in [1.29, 1.82) is 0 Å². The van der Waals surface area contributed by atoms with Crippen molar-refractivity contribution in [1.82, 2.24) is 20.2 Å². The van der Waals surface area contributed by atoms with Gasteiger partial charge in [-0.05, 0) is 96.1 Å². The van der Waals surface area contributed by atoms with Crippen molar-refractivity contribution in [3.63, 3.8) is 0 Å². The van der Waals surface area contributed by atoms with Gasteiger partial charge in [-0.25, -0.2) is 4.98 Å². The molecule has 216 valence electrons. The minimum Gasteiger partial charge on any atom is -0.494 e. The number of pyridine rings is 1. The van der Waals surface area contributed by atoms with Crippen molar-refractivity contribution in [3.8, 4) is 17.2 Å². The Morgan fingerprint density at radius 2 is 1.77 bits per heavy atom. The minimum absolute atomic E-state index is 0.0253. The number of aromatic nitrogens is 2. The lowest BCUT2D eigenvalue weighted by Crippen LogP contribution is -2.40. The van der Waals surface area contributed by atoms with Crippen LogP contribution in [-0.2, 0) is 17.6 Å². The molecule has 0 fully saturated rings. The summed E-state index contributed by atoms with van der Waals surface area (Å²) in [5, 5.41) is 3.89. The average Bonchev–Trinajstić information content (AvgIpc) is 3.48. The fourth-order valence-corrected chi connectivity index (χ4v) is 5.94. The smallest absolute Gasteiger partial charge is 0.271 e. The van der Waals surface area contributed by atoms with E-state index in [2.05, 4.69) is 27.4 Å². The van der Waals surface area contributed by atoms with E-state index in [1.165, 1.54) is 0 Å². The first-order valence-corrected chi connectivity index (χ1v) is 14.7. The molecule has 8 bridgehead atoms. The van der Waals surface area contributed by atoms with Gasteiger partial charge in [0, 0.05) is 31.1 Å². The van der Waals surface area contributed by atoms with Gasteiger partial charge in [0.15, 0.2) is 0 Å². The van der Waals surface area contributed by atoms with Crippen LogP contribution in [0.5, 0.6) is 17.2 Å². The van der Waals surface area contributed by atoms with E-state index in [0.717, 1.165) is 44.9 Å². The van der Waals surface area contributed by atoms with Crippen molar-refractivity contribution in [3.05, 3.63) is 119 Å². The molecule has 0 saturated carbocycles. The summed E-state index contributed by atoms with van der Waals surface area (Å²) in [5.74, 6) is 2.15. The van der Waals surface area contributed by atoms with Crippen LogP contribution < -0.4 is 14.8 Å². The second kappa shape index (κ2) is 11.6. The van der Waals surface area contributed by atoms with Crippen molar-refractivity contribution in [2.24, 2.45) is 0 Å². The Hall–Kier alpha value is -5.11. The highest BCUT2D eigenvalue weighted by molar-refractivity contribution is 5.97. The maximum atomic E-state index is 14.1. The van der Waals surface area contributed by atoms with Gasteiger partial charge in [0.1, 0.15) is 28.6 Å². The molecule has 2 N–H and O–H groups in total. The molecule has 0 aliphatic carbocycles. The molecule has 6 heterocycles. The van der Waals surface area contributed by atoms with E-state index in [0.29, 0.717) is 56.7 Å². The number of hydrogen-bond acceptors (Lipinski definition) is 5. The predicted octanol–water partition coefficient (Wildman–Crippen LogP) is 5.97. The summed E-state index contributed by atoms with van der Waals surface area (Å²) in [7, 11) is 0. The summed E-state index contributed by atoms with van der Waals surface area (Å²) in [4.78, 5) is 35.9. The lowest BCUT2D eigenvalue weighted by molar-refractivity contribution is -0.121. The summed E-state index contributed by atoms with van der Waals surface area (Å²) in [5.41, 5.74) is 5.45. The monoisotopic (exact) mass is 572 g/mol. The van der Waals surface area contributed by atoms with Gasteiger partial charge in [-0.15, -0.1) is 0 Å². The largest absolute Gasteiger partial charge is 0.494 e. The number of ether oxygens (including phenoxy) is 2. The lowest BCUT2D eigenvalue weighted by Gasteiger charge is -2.38. The number of aryl methyl sites for hydroxylation is 1. The number of carbonyl (C=O) groups is 2. The van der Waals surface area contributed by atoms with E-state index in [9.17, 15) is 9.59 Å². The van der Waals surface area contributed by atoms with Crippen LogP contribution in [-0.4, -0.2) is 46.4 Å². The first kappa shape index (κ1) is 26.8. The molecule has 1 atom stereocenters. The van der Waals surface area contributed by atoms with Crippen LogP contribution in [0.3, 0.4) is 0 Å². The van der Waals surface area contributed by atoms with Crippen LogP contribution in [0.1, 0.15) is 51.6 Å². The third-order valence-corrected chi connectivity index (χ3v) is 8.11. The summed E-state index contributed by atoms with van der Waals surface area (Å²) >= 11 is 0. The molecule has 1 unspecified atom stereocenters. The molecule has 5 aromatic rings. The van der Waals surface area contributed by atoms with Crippen molar-refractivity contribution in [2.75, 3.05) is 19.7 Å². The molecule has 0 radical (unpaired) electrons. The minimum atomic E-state index is -0.319. The fraction of sp³-hybridized carbons (Fsp3) is 0.229. The zero-order valence-corrected chi connectivity index (χ0v) is 23.7. The molecule has 9 rings (SSSR count). The standard InChI is InChI=1S/C35H32N4O4/c40-32-14-9-23-7-10-27(11-8-23)43-29-12-13-30-24(20-29)15-18-39(35(41)31-22-26-5-2-16-37-34(26)38-31)33(30)25-4-1-6-28(21-25)42-19-3-17-36-32/h1-2,4-8,10-13,16,20-22,33H,3,9,14-15,17-19H2,(H,36,40)(H,37,38). The molecule has 8 heteroatoms. The molecule has 2 amide bonds. The first-order valence-electron chi connectivity index (χ1n) is 14.7. The Morgan fingerprint density at radius 1 is 0.884 bits per heavy atom. The van der Waals surface area contributed by atoms with Gasteiger partial charge < -0.3 is 24.7 Å². The summed E-state index contributed by atoms with van der Waals surface area (Å²) in [6, 6.07) is 27.3. The lowest BCUT2D eigenvalue weighted by atomic mass is 9.87. The summed E-state index contributed by atoms with van der Waals surface area (Å²) < 4.78 is 12.3. The van der Waals surface area contributed by atoms with Crippen LogP contribution in [0.15, 0.2) is 91.1 Å². The molecule has 0 saturated heterocycles. The number of aromatic amines is 1. The third kappa shape index (κ3) is 5.68. The molecule has 4 aliphatic heterocycles. The highest BCUT2D eigenvalue weighted by Gasteiger charge is 2.34. The van der Waals surface area contributed by atoms with Crippen LogP contribution in [0.4, 0.5) is 0 Å². The number of hydrogen-bond donors (Lipinski definition) is 2. The fourth-order valence-electron chi connectivity index (χ4n) is 5.94. The van der Waals surface area contributed by atoms with Gasteiger partial charge in [0.05, 0.1) is 12.6 Å². The van der Waals surface area contributed by atoms with Gasteiger partial charge in [0.25, 0.3) is 5.91 Å². The van der Waals surface area contributed by atoms with E-state index < -0.39 is 0 Å². The molecule has 43 heavy (non-hydrogen) atoms. The topological polar surface area (TPSA) is 96.5 Å². The van der Waals surface area contributed by atoms with Gasteiger partial charge >= 0.3 is 0 Å². The number of nitrogens with one attached hydrogen (secondary N) is 2. The number of benzene rings is 3. The normalized spacial score (nSPS) is 17.1. The molecule has 8 nitrogen and oxygen atoms in total. The molecule has 3 aromatic carbocycles. The van der Waals surface area contributed by atoms with E-state index in [1.807, 2.05) is 77.7 Å². The van der Waals surface area contributed by atoms with Crippen LogP contribution in [0, 0.1) is 0 Å². The number of H-pyrrole nitrogens is 1. The number of fused-ring (bicyclic) bond motifs is 2. The SMILES string of the molecule is O=C1CCc2ccc(cc2)Oc2ccc3c(c2)CCN(C(=O)c2cc4cccnc4[nH]2)C3c2cccc(c2)OCCCN1. The highest BCUT2D eigenvalue weighted by Crippen LogP contribution is 2.39. The highest BCUT2D eigenvalue weighted by atomic mass is 16.5. The number of amides is 2. The molecule has 0 spiro atoms.